The van der Waals surface area contributed by atoms with Crippen LogP contribution in [0.3, 0.4) is 0 Å². The number of hydrogen-bond donors (Lipinski definition) is 3. The van der Waals surface area contributed by atoms with Gasteiger partial charge in [-0.05, 0) is 30.3 Å². The van der Waals surface area contributed by atoms with Crippen molar-refractivity contribution in [1.29, 1.82) is 0 Å². The molecule has 0 amide bonds. The molecule has 0 saturated heterocycles. The lowest BCUT2D eigenvalue weighted by Crippen LogP contribution is -2.04. The zero-order valence-corrected chi connectivity index (χ0v) is 10.3. The van der Waals surface area contributed by atoms with Crippen molar-refractivity contribution in [2.24, 2.45) is 0 Å². The number of benzene rings is 2. The van der Waals surface area contributed by atoms with Crippen molar-refractivity contribution < 1.29 is 19.4 Å². The van der Waals surface area contributed by atoms with Crippen LogP contribution in [0.15, 0.2) is 30.3 Å². The summed E-state index contributed by atoms with van der Waals surface area (Å²) >= 11 is 5.69. The minimum absolute atomic E-state index is 0.212. The summed E-state index contributed by atoms with van der Waals surface area (Å²) in [4.78, 5) is 12.1. The highest BCUT2D eigenvalue weighted by Crippen LogP contribution is 2.36. The standard InChI is InChI=1S/C13H9ClFNO3/c14-7-3-1-6(2-4-7)11(17)8-5-9(15)13(19)10(16)12(8)18/h1-5,18-19H,16H2. The van der Waals surface area contributed by atoms with E-state index in [1.165, 1.54) is 24.3 Å². The number of rotatable bonds is 2. The summed E-state index contributed by atoms with van der Waals surface area (Å²) in [6.07, 6.45) is 0. The second-order valence-electron chi connectivity index (χ2n) is 3.85. The van der Waals surface area contributed by atoms with Crippen molar-refractivity contribution in [3.05, 3.63) is 52.3 Å². The SMILES string of the molecule is Nc1c(O)c(F)cc(C(=O)c2ccc(Cl)cc2)c1O. The van der Waals surface area contributed by atoms with Crippen LogP contribution in [0, 0.1) is 5.82 Å². The molecule has 6 heteroatoms. The van der Waals surface area contributed by atoms with Gasteiger partial charge in [0.05, 0.1) is 5.56 Å². The predicted octanol–water partition coefficient (Wildman–Crippen LogP) is 2.70. The van der Waals surface area contributed by atoms with Crippen molar-refractivity contribution in [3.63, 3.8) is 0 Å². The van der Waals surface area contributed by atoms with Crippen LogP contribution in [0.1, 0.15) is 15.9 Å². The van der Waals surface area contributed by atoms with E-state index in [0.29, 0.717) is 5.02 Å². The first kappa shape index (κ1) is 13.2. The van der Waals surface area contributed by atoms with E-state index in [4.69, 9.17) is 17.3 Å². The van der Waals surface area contributed by atoms with E-state index in [1.54, 1.807) is 0 Å². The lowest BCUT2D eigenvalue weighted by Gasteiger charge is -2.09. The molecule has 2 aromatic carbocycles. The van der Waals surface area contributed by atoms with Crippen LogP contribution in [0.4, 0.5) is 10.1 Å². The molecular weight excluding hydrogens is 273 g/mol. The molecule has 2 aromatic rings. The maximum absolute atomic E-state index is 13.3. The van der Waals surface area contributed by atoms with Crippen LogP contribution in [-0.4, -0.2) is 16.0 Å². The number of carbonyl (C=O) groups excluding carboxylic acids is 1. The molecule has 0 aliphatic heterocycles. The number of phenols is 2. The molecule has 2 rings (SSSR count). The number of hydrogen-bond acceptors (Lipinski definition) is 4. The highest BCUT2D eigenvalue weighted by atomic mass is 35.5. The third-order valence-electron chi connectivity index (χ3n) is 2.61. The van der Waals surface area contributed by atoms with Gasteiger partial charge in [0.2, 0.25) is 0 Å². The van der Waals surface area contributed by atoms with Crippen LogP contribution in [0.5, 0.6) is 11.5 Å². The summed E-state index contributed by atoms with van der Waals surface area (Å²) in [7, 11) is 0. The van der Waals surface area contributed by atoms with Crippen LogP contribution in [0.25, 0.3) is 0 Å². The molecule has 4 N–H and O–H groups in total. The molecule has 0 unspecified atom stereocenters. The maximum Gasteiger partial charge on any atom is 0.196 e. The molecule has 0 spiro atoms. The zero-order valence-electron chi connectivity index (χ0n) is 9.52. The van der Waals surface area contributed by atoms with E-state index in [2.05, 4.69) is 0 Å². The van der Waals surface area contributed by atoms with Gasteiger partial charge in [0.25, 0.3) is 0 Å². The maximum atomic E-state index is 13.3. The summed E-state index contributed by atoms with van der Waals surface area (Å²) < 4.78 is 13.3. The molecule has 4 nitrogen and oxygen atoms in total. The van der Waals surface area contributed by atoms with Gasteiger partial charge < -0.3 is 15.9 Å². The monoisotopic (exact) mass is 281 g/mol. The summed E-state index contributed by atoms with van der Waals surface area (Å²) in [6, 6.07) is 6.59. The third kappa shape index (κ3) is 2.32. The van der Waals surface area contributed by atoms with E-state index in [9.17, 15) is 19.4 Å². The molecule has 98 valence electrons. The second-order valence-corrected chi connectivity index (χ2v) is 4.29. The summed E-state index contributed by atoms with van der Waals surface area (Å²) in [5.74, 6) is -3.24. The van der Waals surface area contributed by atoms with Gasteiger partial charge >= 0.3 is 0 Å². The summed E-state index contributed by atoms with van der Waals surface area (Å²) in [6.45, 7) is 0. The van der Waals surface area contributed by atoms with E-state index in [1.807, 2.05) is 0 Å². The average molecular weight is 282 g/mol. The molecular formula is C13H9ClFNO3. The van der Waals surface area contributed by atoms with Crippen LogP contribution in [-0.2, 0) is 0 Å². The molecule has 0 bridgehead atoms. The van der Waals surface area contributed by atoms with Crippen molar-refractivity contribution >= 4 is 23.1 Å². The minimum atomic E-state index is -1.08. The van der Waals surface area contributed by atoms with Gasteiger partial charge in [0.15, 0.2) is 23.1 Å². The molecule has 0 atom stereocenters. The van der Waals surface area contributed by atoms with Gasteiger partial charge in [-0.2, -0.15) is 0 Å². The molecule has 0 saturated carbocycles. The highest BCUT2D eigenvalue weighted by molar-refractivity contribution is 6.30. The fourth-order valence-corrected chi connectivity index (χ4v) is 1.71. The van der Waals surface area contributed by atoms with Crippen molar-refractivity contribution in [2.75, 3.05) is 5.73 Å². The Balaban J connectivity index is 2.53. The number of aromatic hydroxyl groups is 2. The highest BCUT2D eigenvalue weighted by Gasteiger charge is 2.20. The first-order chi connectivity index (χ1) is 8.91. The average Bonchev–Trinajstić information content (AvgIpc) is 2.40. The normalized spacial score (nSPS) is 10.4. The quantitative estimate of drug-likeness (QED) is 0.449. The fourth-order valence-electron chi connectivity index (χ4n) is 1.58. The van der Waals surface area contributed by atoms with Gasteiger partial charge in [-0.15, -0.1) is 0 Å². The van der Waals surface area contributed by atoms with E-state index in [0.717, 1.165) is 6.07 Å². The summed E-state index contributed by atoms with van der Waals surface area (Å²) in [5.41, 5.74) is 4.63. The van der Waals surface area contributed by atoms with Crippen LogP contribution < -0.4 is 5.73 Å². The van der Waals surface area contributed by atoms with E-state index in [-0.39, 0.29) is 11.1 Å². The Labute approximate surface area is 112 Å². The molecule has 0 aromatic heterocycles. The number of halogens is 2. The number of phenolic OH excluding ortho intramolecular Hbond substituents is 2. The Kier molecular flexibility index (Phi) is 3.31. The fraction of sp³-hybridized carbons (Fsp3) is 0. The Morgan fingerprint density at radius 1 is 1.16 bits per heavy atom. The topological polar surface area (TPSA) is 83.5 Å². The van der Waals surface area contributed by atoms with E-state index < -0.39 is 28.8 Å². The van der Waals surface area contributed by atoms with Gasteiger partial charge in [0.1, 0.15) is 5.69 Å². The predicted molar refractivity (Wildman–Crippen MR) is 69.0 cm³/mol. The Bertz CT molecular complexity index is 656. The second kappa shape index (κ2) is 4.78. The Hall–Kier alpha value is -2.27. The first-order valence-corrected chi connectivity index (χ1v) is 5.59. The number of anilines is 1. The molecule has 0 aliphatic rings. The van der Waals surface area contributed by atoms with Gasteiger partial charge in [-0.3, -0.25) is 4.79 Å². The van der Waals surface area contributed by atoms with Gasteiger partial charge in [0, 0.05) is 10.6 Å². The largest absolute Gasteiger partial charge is 0.505 e. The van der Waals surface area contributed by atoms with E-state index >= 15 is 0 Å². The number of nitrogen functional groups attached to an aromatic ring is 1. The minimum Gasteiger partial charge on any atom is -0.505 e. The number of nitrogens with two attached hydrogens (primary N) is 1. The van der Waals surface area contributed by atoms with Crippen LogP contribution >= 0.6 is 11.6 Å². The molecule has 0 aliphatic carbocycles. The van der Waals surface area contributed by atoms with Crippen LogP contribution in [0.2, 0.25) is 5.02 Å². The number of carbonyl (C=O) groups is 1. The summed E-state index contributed by atoms with van der Waals surface area (Å²) in [5, 5.41) is 19.3. The number of ketones is 1. The Morgan fingerprint density at radius 2 is 1.74 bits per heavy atom. The van der Waals surface area contributed by atoms with Gasteiger partial charge in [-0.25, -0.2) is 4.39 Å². The Morgan fingerprint density at radius 3 is 2.32 bits per heavy atom. The third-order valence-corrected chi connectivity index (χ3v) is 2.87. The van der Waals surface area contributed by atoms with Gasteiger partial charge in [-0.1, -0.05) is 11.6 Å². The molecule has 19 heavy (non-hydrogen) atoms. The molecule has 0 radical (unpaired) electrons. The smallest absolute Gasteiger partial charge is 0.196 e. The van der Waals surface area contributed by atoms with Crippen molar-refractivity contribution in [3.8, 4) is 11.5 Å². The van der Waals surface area contributed by atoms with Crippen molar-refractivity contribution in [1.82, 2.24) is 0 Å². The first-order valence-electron chi connectivity index (χ1n) is 5.22. The van der Waals surface area contributed by atoms with Crippen molar-refractivity contribution in [2.45, 2.75) is 0 Å². The molecule has 0 fully saturated rings. The zero-order chi connectivity index (χ0) is 14.2. The molecule has 0 heterocycles. The lowest BCUT2D eigenvalue weighted by atomic mass is 10.0. The lowest BCUT2D eigenvalue weighted by molar-refractivity contribution is 0.103.